The van der Waals surface area contributed by atoms with Crippen LogP contribution in [0, 0.1) is 0 Å². The van der Waals surface area contributed by atoms with Crippen LogP contribution in [0.15, 0.2) is 20.1 Å². The second-order valence-corrected chi connectivity index (χ2v) is 10.8. The van der Waals surface area contributed by atoms with Crippen molar-refractivity contribution in [2.75, 3.05) is 6.26 Å². The minimum Gasteiger partial charge on any atom is -0.206 e. The van der Waals surface area contributed by atoms with Gasteiger partial charge in [0.2, 0.25) is 0 Å². The zero-order valence-electron chi connectivity index (χ0n) is 10.6. The van der Waals surface area contributed by atoms with Gasteiger partial charge in [-0.1, -0.05) is 0 Å². The third-order valence-electron chi connectivity index (χ3n) is 4.04. The zero-order chi connectivity index (χ0) is 13.6. The van der Waals surface area contributed by atoms with Crippen molar-refractivity contribution >= 4 is 49.1 Å². The van der Waals surface area contributed by atoms with Crippen molar-refractivity contribution in [3.63, 3.8) is 0 Å². The number of hydrogen-bond acceptors (Lipinski definition) is 4. The van der Waals surface area contributed by atoms with E-state index in [4.69, 9.17) is 0 Å². The first-order valence-corrected chi connectivity index (χ1v) is 10.7. The molecule has 1 unspecified atom stereocenters. The zero-order valence-corrected chi connectivity index (χ0v) is 14.6. The minimum absolute atomic E-state index is 0.210. The molecule has 2 bridgehead atoms. The van der Waals surface area contributed by atoms with E-state index in [9.17, 15) is 8.42 Å². The summed E-state index contributed by atoms with van der Waals surface area (Å²) in [5.41, 5.74) is 0. The maximum Gasteiger partial charge on any atom is 0.253 e. The lowest BCUT2D eigenvalue weighted by atomic mass is 10.1. The Bertz CT molecular complexity index is 557. The van der Waals surface area contributed by atoms with Gasteiger partial charge in [0.05, 0.1) is 3.79 Å². The fourth-order valence-corrected chi connectivity index (χ4v) is 8.04. The Labute approximate surface area is 130 Å². The van der Waals surface area contributed by atoms with Gasteiger partial charge >= 0.3 is 0 Å². The second-order valence-electron chi connectivity index (χ2n) is 5.11. The summed E-state index contributed by atoms with van der Waals surface area (Å²) in [7, 11) is -3.30. The first kappa shape index (κ1) is 14.4. The number of thiophene rings is 1. The van der Waals surface area contributed by atoms with Crippen LogP contribution in [0.3, 0.4) is 0 Å². The van der Waals surface area contributed by atoms with Crippen LogP contribution in [-0.2, 0) is 10.0 Å². The Kier molecular flexibility index (Phi) is 4.03. The van der Waals surface area contributed by atoms with Crippen LogP contribution in [0.25, 0.3) is 0 Å². The molecule has 3 nitrogen and oxygen atoms in total. The van der Waals surface area contributed by atoms with E-state index in [-0.39, 0.29) is 12.1 Å². The molecule has 3 rings (SSSR count). The van der Waals surface area contributed by atoms with Crippen LogP contribution in [0.4, 0.5) is 0 Å². The van der Waals surface area contributed by atoms with E-state index in [0.717, 1.165) is 29.5 Å². The maximum atomic E-state index is 12.8. The largest absolute Gasteiger partial charge is 0.253 e. The van der Waals surface area contributed by atoms with E-state index < -0.39 is 10.0 Å². The highest BCUT2D eigenvalue weighted by Gasteiger charge is 2.47. The predicted molar refractivity (Wildman–Crippen MR) is 84.4 cm³/mol. The molecule has 19 heavy (non-hydrogen) atoms. The van der Waals surface area contributed by atoms with E-state index in [0.29, 0.717) is 9.46 Å². The summed E-state index contributed by atoms with van der Waals surface area (Å²) in [4.78, 5) is 0. The molecule has 2 saturated heterocycles. The van der Waals surface area contributed by atoms with Gasteiger partial charge in [0.1, 0.15) is 4.21 Å². The Balaban J connectivity index is 1.91. The van der Waals surface area contributed by atoms with Gasteiger partial charge in [-0.15, -0.1) is 11.3 Å². The monoisotopic (exact) mass is 381 g/mol. The van der Waals surface area contributed by atoms with Crippen molar-refractivity contribution in [2.45, 2.75) is 47.2 Å². The Hall–Kier alpha value is 0.440. The lowest BCUT2D eigenvalue weighted by molar-refractivity contribution is 0.254. The third kappa shape index (κ3) is 2.52. The molecule has 2 aliphatic rings. The number of thioether (sulfide) groups is 1. The summed E-state index contributed by atoms with van der Waals surface area (Å²) in [6.07, 6.45) is 6.18. The van der Waals surface area contributed by atoms with Gasteiger partial charge in [-0.2, -0.15) is 16.1 Å². The van der Waals surface area contributed by atoms with Gasteiger partial charge < -0.3 is 0 Å². The molecule has 2 aliphatic heterocycles. The van der Waals surface area contributed by atoms with Crippen LogP contribution >= 0.6 is 39.0 Å². The highest BCUT2D eigenvalue weighted by molar-refractivity contribution is 9.11. The van der Waals surface area contributed by atoms with E-state index >= 15 is 0 Å². The number of fused-ring (bicyclic) bond motifs is 2. The van der Waals surface area contributed by atoms with E-state index in [1.807, 2.05) is 17.8 Å². The number of hydrogen-bond donors (Lipinski definition) is 0. The molecule has 106 valence electrons. The number of halogens is 1. The fraction of sp³-hybridized carbons (Fsp3) is 0.667. The fourth-order valence-electron chi connectivity index (χ4n) is 3.21. The summed E-state index contributed by atoms with van der Waals surface area (Å²) in [6, 6.07) is 3.95. The van der Waals surface area contributed by atoms with E-state index in [1.54, 1.807) is 10.4 Å². The number of nitrogens with zero attached hydrogens (tertiary/aromatic N) is 1. The van der Waals surface area contributed by atoms with Gasteiger partial charge in [-0.05, 0) is 60.0 Å². The molecule has 3 heterocycles. The molecule has 3 atom stereocenters. The highest BCUT2D eigenvalue weighted by atomic mass is 79.9. The number of rotatable bonds is 3. The van der Waals surface area contributed by atoms with Gasteiger partial charge in [-0.25, -0.2) is 8.42 Å². The second kappa shape index (κ2) is 5.33. The molecule has 7 heteroatoms. The van der Waals surface area contributed by atoms with Crippen molar-refractivity contribution in [1.29, 1.82) is 0 Å². The Morgan fingerprint density at radius 3 is 2.42 bits per heavy atom. The number of piperidine rings is 1. The quantitative estimate of drug-likeness (QED) is 0.802. The smallest absolute Gasteiger partial charge is 0.206 e. The van der Waals surface area contributed by atoms with Crippen LogP contribution < -0.4 is 0 Å². The molecule has 0 amide bonds. The molecule has 0 N–H and O–H groups in total. The molecule has 1 aromatic rings. The first-order chi connectivity index (χ1) is 9.02. The summed E-state index contributed by atoms with van der Waals surface area (Å²) < 4.78 is 28.7. The Morgan fingerprint density at radius 2 is 1.95 bits per heavy atom. The van der Waals surface area contributed by atoms with Crippen molar-refractivity contribution in [2.24, 2.45) is 0 Å². The summed E-state index contributed by atoms with van der Waals surface area (Å²) >= 11 is 6.54. The average molecular weight is 382 g/mol. The lowest BCUT2D eigenvalue weighted by Gasteiger charge is -2.36. The van der Waals surface area contributed by atoms with Crippen molar-refractivity contribution in [1.82, 2.24) is 4.31 Å². The molecule has 0 spiro atoms. The molecular weight excluding hydrogens is 366 g/mol. The minimum atomic E-state index is -3.30. The van der Waals surface area contributed by atoms with Crippen molar-refractivity contribution in [3.8, 4) is 0 Å². The van der Waals surface area contributed by atoms with Crippen molar-refractivity contribution < 1.29 is 8.42 Å². The predicted octanol–water partition coefficient (Wildman–Crippen LogP) is 3.56. The van der Waals surface area contributed by atoms with Gasteiger partial charge in [-0.3, -0.25) is 0 Å². The molecular formula is C12H16BrNO2S3. The van der Waals surface area contributed by atoms with E-state index in [1.165, 1.54) is 11.3 Å². The highest BCUT2D eigenvalue weighted by Crippen LogP contribution is 2.43. The molecule has 2 fully saturated rings. The van der Waals surface area contributed by atoms with Crippen LogP contribution in [0.1, 0.15) is 25.7 Å². The Morgan fingerprint density at radius 1 is 1.32 bits per heavy atom. The standard InChI is InChI=1S/C12H16BrNO2S3/c1-17-10-6-8-2-3-9(7-10)14(8)19(15,16)12-5-4-11(13)18-12/h4-5,8-10H,2-3,6-7H2,1H3/t8-,9+,10?. The first-order valence-electron chi connectivity index (χ1n) is 6.34. The SMILES string of the molecule is CSC1C[C@H]2CC[C@@H](C1)N2S(=O)(=O)c1ccc(Br)s1. The third-order valence-corrected chi connectivity index (χ3v) is 9.18. The summed E-state index contributed by atoms with van der Waals surface area (Å²) in [5.74, 6) is 0. The topological polar surface area (TPSA) is 37.4 Å². The molecule has 0 radical (unpaired) electrons. The summed E-state index contributed by atoms with van der Waals surface area (Å²) in [6.45, 7) is 0. The normalized spacial score (nSPS) is 31.8. The van der Waals surface area contributed by atoms with Gasteiger partial charge in [0, 0.05) is 17.3 Å². The molecule has 0 saturated carbocycles. The van der Waals surface area contributed by atoms with Crippen LogP contribution in [-0.4, -0.2) is 36.3 Å². The lowest BCUT2D eigenvalue weighted by Crippen LogP contribution is -2.46. The van der Waals surface area contributed by atoms with Gasteiger partial charge in [0.15, 0.2) is 0 Å². The number of sulfonamides is 1. The molecule has 1 aromatic heterocycles. The average Bonchev–Trinajstić information content (AvgIpc) is 2.92. The maximum absolute atomic E-state index is 12.8. The van der Waals surface area contributed by atoms with E-state index in [2.05, 4.69) is 22.2 Å². The van der Waals surface area contributed by atoms with Crippen LogP contribution in [0.2, 0.25) is 0 Å². The summed E-state index contributed by atoms with van der Waals surface area (Å²) in [5, 5.41) is 0.624. The molecule has 0 aromatic carbocycles. The molecule has 0 aliphatic carbocycles. The van der Waals surface area contributed by atoms with Gasteiger partial charge in [0.25, 0.3) is 10.0 Å². The van der Waals surface area contributed by atoms with Crippen LogP contribution in [0.5, 0.6) is 0 Å². The van der Waals surface area contributed by atoms with Crippen molar-refractivity contribution in [3.05, 3.63) is 15.9 Å².